The maximum absolute atomic E-state index is 14.0. The predicted octanol–water partition coefficient (Wildman–Crippen LogP) is 5.60. The van der Waals surface area contributed by atoms with Crippen LogP contribution in [0.3, 0.4) is 0 Å². The first-order valence-electron chi connectivity index (χ1n) is 8.56. The zero-order valence-corrected chi connectivity index (χ0v) is 15.5. The molecule has 5 heteroatoms. The fraction of sp³-hybridized carbons (Fsp3) is 0.0455. The Hall–Kier alpha value is -3.11. The third-order valence-electron chi connectivity index (χ3n) is 4.90. The Labute approximate surface area is 161 Å². The summed E-state index contributed by atoms with van der Waals surface area (Å²) in [5.41, 5.74) is 5.95. The Balaban J connectivity index is 0.00000180. The summed E-state index contributed by atoms with van der Waals surface area (Å²) in [5.74, 6) is -0.246. The number of rotatable bonds is 2. The Bertz CT molecular complexity index is 1280. The topological polar surface area (TPSA) is 31.7 Å². The molecule has 5 aromatic rings. The number of hydrogen-bond acceptors (Lipinski definition) is 1. The second-order valence-electron chi connectivity index (χ2n) is 6.48. The number of nitrogens with zero attached hydrogens (tertiary/aromatic N) is 1. The largest absolute Gasteiger partial charge is 0.353 e. The second kappa shape index (κ2) is 6.56. The monoisotopic (exact) mass is 378 g/mol. The van der Waals surface area contributed by atoms with E-state index in [2.05, 4.69) is 27.0 Å². The number of benzene rings is 3. The van der Waals surface area contributed by atoms with E-state index in [1.54, 1.807) is 6.07 Å². The number of fused-ring (bicyclic) bond motifs is 4. The van der Waals surface area contributed by atoms with E-state index in [9.17, 15) is 4.39 Å². The lowest BCUT2D eigenvalue weighted by atomic mass is 10.1. The number of H-pyrrole nitrogens is 1. The summed E-state index contributed by atoms with van der Waals surface area (Å²) in [6.45, 7) is 0. The first-order valence-corrected chi connectivity index (χ1v) is 8.56. The quantitative estimate of drug-likeness (QED) is 0.385. The van der Waals surface area contributed by atoms with Gasteiger partial charge in [-0.2, -0.15) is 4.57 Å². The van der Waals surface area contributed by atoms with E-state index in [-0.39, 0.29) is 18.2 Å². The van der Waals surface area contributed by atoms with Gasteiger partial charge in [0.1, 0.15) is 18.4 Å². The first-order chi connectivity index (χ1) is 12.7. The average Bonchev–Trinajstić information content (AvgIpc) is 3.05. The summed E-state index contributed by atoms with van der Waals surface area (Å²) in [4.78, 5) is 3.51. The highest BCUT2D eigenvalue weighted by atomic mass is 35.5. The summed E-state index contributed by atoms with van der Waals surface area (Å²) < 4.78 is 16.2. The van der Waals surface area contributed by atoms with Crippen molar-refractivity contribution in [2.45, 2.75) is 0 Å². The highest BCUT2D eigenvalue weighted by molar-refractivity contribution is 6.13. The van der Waals surface area contributed by atoms with Crippen molar-refractivity contribution in [3.63, 3.8) is 0 Å². The van der Waals surface area contributed by atoms with Crippen LogP contribution in [-0.4, -0.2) is 4.98 Å². The van der Waals surface area contributed by atoms with Gasteiger partial charge in [-0.25, -0.2) is 4.39 Å². The van der Waals surface area contributed by atoms with Crippen LogP contribution < -0.4 is 9.88 Å². The molecule has 5 rings (SSSR count). The van der Waals surface area contributed by atoms with Crippen LogP contribution in [0.25, 0.3) is 32.8 Å². The minimum Gasteiger partial charge on any atom is -0.353 e. The lowest BCUT2D eigenvalue weighted by Crippen LogP contribution is -2.30. The minimum absolute atomic E-state index is 0. The van der Waals surface area contributed by atoms with E-state index >= 15 is 0 Å². The van der Waals surface area contributed by atoms with Gasteiger partial charge < -0.3 is 10.3 Å². The van der Waals surface area contributed by atoms with Crippen LogP contribution in [0.1, 0.15) is 0 Å². The molecule has 2 heterocycles. The second-order valence-corrected chi connectivity index (χ2v) is 6.48. The fourth-order valence-corrected chi connectivity index (χ4v) is 3.71. The molecule has 0 aliphatic heterocycles. The number of aromatic nitrogens is 2. The van der Waals surface area contributed by atoms with Crippen LogP contribution in [-0.2, 0) is 7.05 Å². The Morgan fingerprint density at radius 1 is 0.889 bits per heavy atom. The maximum atomic E-state index is 14.0. The molecule has 2 N–H and O–H groups in total. The van der Waals surface area contributed by atoms with Crippen LogP contribution in [0.15, 0.2) is 72.8 Å². The van der Waals surface area contributed by atoms with Crippen molar-refractivity contribution < 1.29 is 8.96 Å². The number of pyridine rings is 1. The van der Waals surface area contributed by atoms with E-state index < -0.39 is 0 Å². The van der Waals surface area contributed by atoms with Crippen LogP contribution >= 0.6 is 12.4 Å². The van der Waals surface area contributed by atoms with Gasteiger partial charge in [-0.05, 0) is 36.4 Å². The first kappa shape index (κ1) is 17.3. The summed E-state index contributed by atoms with van der Waals surface area (Å²) in [5, 5.41) is 5.48. The van der Waals surface area contributed by atoms with E-state index in [1.165, 1.54) is 6.07 Å². The SMILES string of the molecule is C[n+]1c2ccc(F)cc2c(Nc2ccccc2)c2[nH]c3ccccc3c21.Cl. The molecule has 0 fully saturated rings. The van der Waals surface area contributed by atoms with E-state index in [4.69, 9.17) is 0 Å². The molecule has 27 heavy (non-hydrogen) atoms. The molecule has 0 saturated carbocycles. The molecule has 134 valence electrons. The molecule has 0 atom stereocenters. The number of aromatic amines is 1. The summed E-state index contributed by atoms with van der Waals surface area (Å²) in [6, 6.07) is 23.1. The molecule has 0 unspecified atom stereocenters. The highest BCUT2D eigenvalue weighted by Gasteiger charge is 2.23. The standard InChI is InChI=1S/C22H16FN3.ClH/c1-26-19-12-11-14(23)13-17(19)20(24-15-7-3-2-4-8-15)21-22(26)16-9-5-6-10-18(16)25-21;/h2-13H,1H3,(H,24,25);1H/p+1. The van der Waals surface area contributed by atoms with Gasteiger partial charge >= 0.3 is 0 Å². The highest BCUT2D eigenvalue weighted by Crippen LogP contribution is 2.35. The Morgan fingerprint density at radius 3 is 2.44 bits per heavy atom. The van der Waals surface area contributed by atoms with Crippen molar-refractivity contribution in [3.05, 3.63) is 78.6 Å². The van der Waals surface area contributed by atoms with Gasteiger partial charge in [-0.3, -0.25) is 0 Å². The van der Waals surface area contributed by atoms with Crippen LogP contribution in [0.2, 0.25) is 0 Å². The average molecular weight is 379 g/mol. The third kappa shape index (κ3) is 2.69. The molecular weight excluding hydrogens is 361 g/mol. The molecule has 0 spiro atoms. The van der Waals surface area contributed by atoms with E-state index in [1.807, 2.05) is 55.6 Å². The molecule has 2 aromatic heterocycles. The molecule has 0 radical (unpaired) electrons. The normalized spacial score (nSPS) is 11.0. The summed E-state index contributed by atoms with van der Waals surface area (Å²) in [7, 11) is 2.02. The number of halogens is 2. The Kier molecular flexibility index (Phi) is 4.21. The number of hydrogen-bond donors (Lipinski definition) is 2. The zero-order chi connectivity index (χ0) is 17.7. The van der Waals surface area contributed by atoms with Gasteiger partial charge in [-0.1, -0.05) is 30.3 Å². The number of anilines is 2. The van der Waals surface area contributed by atoms with Crippen LogP contribution in [0.5, 0.6) is 0 Å². The molecule has 3 aromatic carbocycles. The van der Waals surface area contributed by atoms with Crippen molar-refractivity contribution >= 4 is 56.6 Å². The van der Waals surface area contributed by atoms with Crippen LogP contribution in [0, 0.1) is 5.82 Å². The van der Waals surface area contributed by atoms with Gasteiger partial charge in [0.25, 0.3) is 0 Å². The van der Waals surface area contributed by atoms with Crippen molar-refractivity contribution in [2.24, 2.45) is 7.05 Å². The number of nitrogens with one attached hydrogen (secondary N) is 2. The van der Waals surface area contributed by atoms with E-state index in [0.717, 1.165) is 44.2 Å². The summed E-state index contributed by atoms with van der Waals surface area (Å²) >= 11 is 0. The van der Waals surface area contributed by atoms with Gasteiger partial charge in [0.2, 0.25) is 11.0 Å². The molecule has 0 bridgehead atoms. The smallest absolute Gasteiger partial charge is 0.240 e. The van der Waals surface area contributed by atoms with Gasteiger partial charge in [0, 0.05) is 11.8 Å². The van der Waals surface area contributed by atoms with Crippen molar-refractivity contribution in [3.8, 4) is 0 Å². The summed E-state index contributed by atoms with van der Waals surface area (Å²) in [6.07, 6.45) is 0. The molecule has 0 amide bonds. The minimum atomic E-state index is -0.246. The number of aryl methyl sites for hydroxylation is 1. The molecular formula is C22H18ClFN3+. The fourth-order valence-electron chi connectivity index (χ4n) is 3.71. The number of para-hydroxylation sites is 2. The van der Waals surface area contributed by atoms with Gasteiger partial charge in [0.05, 0.1) is 22.0 Å². The molecule has 3 nitrogen and oxygen atoms in total. The molecule has 0 saturated heterocycles. The zero-order valence-electron chi connectivity index (χ0n) is 14.7. The van der Waals surface area contributed by atoms with Crippen LogP contribution in [0.4, 0.5) is 15.8 Å². The predicted molar refractivity (Wildman–Crippen MR) is 111 cm³/mol. The van der Waals surface area contributed by atoms with E-state index in [0.29, 0.717) is 0 Å². The van der Waals surface area contributed by atoms with Crippen molar-refractivity contribution in [2.75, 3.05) is 5.32 Å². The maximum Gasteiger partial charge on any atom is 0.240 e. The molecule has 0 aliphatic carbocycles. The molecule has 0 aliphatic rings. The lowest BCUT2D eigenvalue weighted by Gasteiger charge is -2.11. The van der Waals surface area contributed by atoms with Gasteiger partial charge in [-0.15, -0.1) is 12.4 Å². The van der Waals surface area contributed by atoms with Gasteiger partial charge in [0.15, 0.2) is 0 Å². The van der Waals surface area contributed by atoms with Crippen molar-refractivity contribution in [1.82, 2.24) is 4.98 Å². The van der Waals surface area contributed by atoms with Crippen molar-refractivity contribution in [1.29, 1.82) is 0 Å². The lowest BCUT2D eigenvalue weighted by molar-refractivity contribution is -0.616. The Morgan fingerprint density at radius 2 is 1.63 bits per heavy atom. The third-order valence-corrected chi connectivity index (χ3v) is 4.90.